The molecule has 0 bridgehead atoms. The van der Waals surface area contributed by atoms with Gasteiger partial charge in [-0.1, -0.05) is 56.4 Å². The first-order valence-corrected chi connectivity index (χ1v) is 13.3. The Morgan fingerprint density at radius 3 is 2.50 bits per heavy atom. The average Bonchev–Trinajstić information content (AvgIpc) is 3.22. The van der Waals surface area contributed by atoms with Crippen LogP contribution in [0.15, 0.2) is 23.8 Å². The maximum absolute atomic E-state index is 12.5. The molecule has 2 N–H and O–H groups in total. The van der Waals surface area contributed by atoms with E-state index in [9.17, 15) is 15.0 Å². The lowest BCUT2D eigenvalue weighted by molar-refractivity contribution is -0.134. The molecule has 2 aliphatic carbocycles. The third-order valence-corrected chi connectivity index (χ3v) is 7.40. The zero-order valence-electron chi connectivity index (χ0n) is 21.3. The molecule has 0 heterocycles. The Kier molecular flexibility index (Phi) is 11.5. The van der Waals surface area contributed by atoms with Crippen LogP contribution in [-0.2, 0) is 4.79 Å². The van der Waals surface area contributed by atoms with Gasteiger partial charge in [-0.25, -0.2) is 0 Å². The van der Waals surface area contributed by atoms with Gasteiger partial charge in [-0.15, -0.1) is 0 Å². The number of rotatable bonds is 14. The second-order valence-corrected chi connectivity index (χ2v) is 10.7. The van der Waals surface area contributed by atoms with Crippen molar-refractivity contribution in [3.63, 3.8) is 0 Å². The quantitative estimate of drug-likeness (QED) is 0.253. The maximum Gasteiger partial charge on any atom is 0.223 e. The number of aliphatic hydroxyl groups is 2. The van der Waals surface area contributed by atoms with Crippen molar-refractivity contribution in [2.45, 2.75) is 130 Å². The largest absolute Gasteiger partial charge is 0.392 e. The van der Waals surface area contributed by atoms with Crippen molar-refractivity contribution in [3.8, 4) is 0 Å². The van der Waals surface area contributed by atoms with Crippen LogP contribution in [0.25, 0.3) is 0 Å². The standard InChI is InChI=1S/C28H49NO3/c1-6-7-9-13-24(30)15-16-25-26-18-22(17-23(26)19-27(25)31)12-10-8-11-14-28(32)29(20(2)3)21(4)5/h15-17,20-21,23-27,30-31H,6-14,18-19H2,1-5H3/b16-15+/t23-,24-,25+,26-,27+/m0/s1. The van der Waals surface area contributed by atoms with Crippen LogP contribution in [0, 0.1) is 17.8 Å². The first-order chi connectivity index (χ1) is 15.2. The number of fused-ring (bicyclic) bond motifs is 1. The molecule has 0 aromatic carbocycles. The van der Waals surface area contributed by atoms with Gasteiger partial charge in [0.25, 0.3) is 0 Å². The molecule has 0 radical (unpaired) electrons. The van der Waals surface area contributed by atoms with Gasteiger partial charge in [-0.3, -0.25) is 4.79 Å². The lowest BCUT2D eigenvalue weighted by Crippen LogP contribution is -2.41. The van der Waals surface area contributed by atoms with Crippen molar-refractivity contribution in [2.24, 2.45) is 17.8 Å². The molecule has 184 valence electrons. The minimum atomic E-state index is -0.383. The summed E-state index contributed by atoms with van der Waals surface area (Å²) in [6.07, 6.45) is 16.9. The fourth-order valence-corrected chi connectivity index (χ4v) is 5.85. The molecule has 1 amide bonds. The van der Waals surface area contributed by atoms with Gasteiger partial charge in [0.05, 0.1) is 12.2 Å². The summed E-state index contributed by atoms with van der Waals surface area (Å²) in [5.74, 6) is 1.43. The van der Waals surface area contributed by atoms with E-state index in [1.54, 1.807) is 0 Å². The first kappa shape index (κ1) is 27.1. The van der Waals surface area contributed by atoms with E-state index in [1.807, 2.05) is 11.0 Å². The smallest absolute Gasteiger partial charge is 0.223 e. The Morgan fingerprint density at radius 1 is 1.12 bits per heavy atom. The van der Waals surface area contributed by atoms with Crippen LogP contribution in [0.5, 0.6) is 0 Å². The maximum atomic E-state index is 12.5. The van der Waals surface area contributed by atoms with Crippen LogP contribution in [0.4, 0.5) is 0 Å². The summed E-state index contributed by atoms with van der Waals surface area (Å²) in [5, 5.41) is 20.7. The van der Waals surface area contributed by atoms with E-state index in [0.717, 1.165) is 57.8 Å². The van der Waals surface area contributed by atoms with Gasteiger partial charge in [0, 0.05) is 24.4 Å². The molecule has 1 fully saturated rings. The summed E-state index contributed by atoms with van der Waals surface area (Å²) in [6.45, 7) is 10.5. The molecule has 0 saturated heterocycles. The van der Waals surface area contributed by atoms with Crippen molar-refractivity contribution in [3.05, 3.63) is 23.8 Å². The fourth-order valence-electron chi connectivity index (χ4n) is 5.85. The lowest BCUT2D eigenvalue weighted by atomic mass is 9.88. The molecular formula is C28H49NO3. The second kappa shape index (κ2) is 13.5. The number of amides is 1. The molecule has 0 aromatic rings. The van der Waals surface area contributed by atoms with Gasteiger partial charge < -0.3 is 15.1 Å². The number of unbranched alkanes of at least 4 members (excludes halogenated alkanes) is 4. The van der Waals surface area contributed by atoms with Gasteiger partial charge >= 0.3 is 0 Å². The van der Waals surface area contributed by atoms with E-state index in [-0.39, 0.29) is 36.1 Å². The summed E-state index contributed by atoms with van der Waals surface area (Å²) in [4.78, 5) is 14.5. The third-order valence-electron chi connectivity index (χ3n) is 7.40. The van der Waals surface area contributed by atoms with E-state index in [1.165, 1.54) is 12.0 Å². The second-order valence-electron chi connectivity index (χ2n) is 10.7. The Labute approximate surface area is 197 Å². The monoisotopic (exact) mass is 447 g/mol. The van der Waals surface area contributed by atoms with Crippen molar-refractivity contribution < 1.29 is 15.0 Å². The minimum Gasteiger partial charge on any atom is -0.392 e. The van der Waals surface area contributed by atoms with E-state index < -0.39 is 0 Å². The topological polar surface area (TPSA) is 60.8 Å². The average molecular weight is 448 g/mol. The number of hydrogen-bond donors (Lipinski definition) is 2. The zero-order valence-corrected chi connectivity index (χ0v) is 21.3. The number of allylic oxidation sites excluding steroid dienone is 2. The normalized spacial score (nSPS) is 26.2. The van der Waals surface area contributed by atoms with E-state index in [0.29, 0.717) is 18.3 Å². The Hall–Kier alpha value is -1.13. The summed E-state index contributed by atoms with van der Waals surface area (Å²) in [6, 6.07) is 0.528. The number of nitrogens with zero attached hydrogens (tertiary/aromatic N) is 1. The zero-order chi connectivity index (χ0) is 23.7. The van der Waals surface area contributed by atoms with Crippen LogP contribution in [0.3, 0.4) is 0 Å². The highest BCUT2D eigenvalue weighted by molar-refractivity contribution is 5.76. The number of aliphatic hydroxyl groups excluding tert-OH is 2. The molecule has 5 atom stereocenters. The molecule has 2 aliphatic rings. The Morgan fingerprint density at radius 2 is 1.84 bits per heavy atom. The highest BCUT2D eigenvalue weighted by Crippen LogP contribution is 2.48. The third kappa shape index (κ3) is 8.02. The van der Waals surface area contributed by atoms with Gasteiger partial charge in [-0.2, -0.15) is 0 Å². The summed E-state index contributed by atoms with van der Waals surface area (Å²) in [5.41, 5.74) is 1.53. The van der Waals surface area contributed by atoms with Crippen LogP contribution < -0.4 is 0 Å². The molecule has 4 heteroatoms. The molecular weight excluding hydrogens is 398 g/mol. The van der Waals surface area contributed by atoms with E-state index in [2.05, 4.69) is 46.8 Å². The van der Waals surface area contributed by atoms with E-state index in [4.69, 9.17) is 0 Å². The lowest BCUT2D eigenvalue weighted by Gasteiger charge is -2.30. The van der Waals surface area contributed by atoms with Crippen LogP contribution in [0.2, 0.25) is 0 Å². The fraction of sp³-hybridized carbons (Fsp3) is 0.821. The SMILES string of the molecule is CCCCC[C@H](O)/C=C/[C@@H]1[C@H]2CC(CCCCCC(=O)N(C(C)C)C(C)C)=C[C@H]2C[C@H]1O. The molecule has 0 unspecified atom stereocenters. The van der Waals surface area contributed by atoms with Gasteiger partial charge in [0.1, 0.15) is 0 Å². The summed E-state index contributed by atoms with van der Waals surface area (Å²) in [7, 11) is 0. The van der Waals surface area contributed by atoms with Crippen LogP contribution in [0.1, 0.15) is 105 Å². The molecule has 1 saturated carbocycles. The molecule has 32 heavy (non-hydrogen) atoms. The van der Waals surface area contributed by atoms with Gasteiger partial charge in [0.2, 0.25) is 5.91 Å². The Bertz CT molecular complexity index is 616. The van der Waals surface area contributed by atoms with Crippen molar-refractivity contribution in [1.29, 1.82) is 0 Å². The highest BCUT2D eigenvalue weighted by Gasteiger charge is 2.43. The van der Waals surface area contributed by atoms with Gasteiger partial charge in [-0.05, 0) is 78.1 Å². The number of hydrogen-bond acceptors (Lipinski definition) is 3. The van der Waals surface area contributed by atoms with Gasteiger partial charge in [0.15, 0.2) is 0 Å². The van der Waals surface area contributed by atoms with Crippen molar-refractivity contribution >= 4 is 5.91 Å². The highest BCUT2D eigenvalue weighted by atomic mass is 16.3. The summed E-state index contributed by atoms with van der Waals surface area (Å²) < 4.78 is 0. The van der Waals surface area contributed by atoms with Crippen molar-refractivity contribution in [1.82, 2.24) is 4.90 Å². The predicted molar refractivity (Wildman–Crippen MR) is 133 cm³/mol. The van der Waals surface area contributed by atoms with Crippen LogP contribution in [-0.4, -0.2) is 45.3 Å². The molecule has 0 aliphatic heterocycles. The molecule has 0 spiro atoms. The number of carbonyl (C=O) groups excluding carboxylic acids is 1. The molecule has 2 rings (SSSR count). The molecule has 4 nitrogen and oxygen atoms in total. The Balaban J connectivity index is 1.71. The number of carbonyl (C=O) groups is 1. The van der Waals surface area contributed by atoms with Crippen LogP contribution >= 0.6 is 0 Å². The predicted octanol–water partition coefficient (Wildman–Crippen LogP) is 6.02. The van der Waals surface area contributed by atoms with E-state index >= 15 is 0 Å². The minimum absolute atomic E-state index is 0.172. The summed E-state index contributed by atoms with van der Waals surface area (Å²) >= 11 is 0. The van der Waals surface area contributed by atoms with Crippen molar-refractivity contribution in [2.75, 3.05) is 0 Å². The molecule has 0 aromatic heterocycles. The first-order valence-electron chi connectivity index (χ1n) is 13.3.